The van der Waals surface area contributed by atoms with Crippen molar-refractivity contribution in [3.63, 3.8) is 0 Å². The molecule has 6 nitrogen and oxygen atoms in total. The molecule has 0 atom stereocenters. The summed E-state index contributed by atoms with van der Waals surface area (Å²) >= 11 is 5.61. The topological polar surface area (TPSA) is 84.5 Å². The Labute approximate surface area is 197 Å². The minimum absolute atomic E-state index is 0.109. The lowest BCUT2D eigenvalue weighted by atomic mass is 10.1. The Morgan fingerprint density at radius 2 is 1.71 bits per heavy atom. The van der Waals surface area contributed by atoms with E-state index in [2.05, 4.69) is 10.0 Å². The molecule has 3 rings (SSSR count). The summed E-state index contributed by atoms with van der Waals surface area (Å²) in [6.45, 7) is 0.909. The highest BCUT2D eigenvalue weighted by molar-refractivity contribution is 7.92. The van der Waals surface area contributed by atoms with Crippen LogP contribution in [0.2, 0.25) is 5.02 Å². The molecule has 0 aliphatic heterocycles. The first-order valence-electron chi connectivity index (χ1n) is 9.53. The van der Waals surface area contributed by atoms with E-state index in [1.807, 2.05) is 0 Å². The zero-order chi connectivity index (χ0) is 25.1. The van der Waals surface area contributed by atoms with Crippen LogP contribution in [0.3, 0.4) is 0 Å². The number of aryl methyl sites for hydroxylation is 1. The molecule has 0 unspecified atom stereocenters. The van der Waals surface area contributed by atoms with Gasteiger partial charge < -0.3 is 10.1 Å². The lowest BCUT2D eigenvalue weighted by Gasteiger charge is -2.15. The van der Waals surface area contributed by atoms with Gasteiger partial charge in [-0.25, -0.2) is 12.8 Å². The third kappa shape index (κ3) is 6.39. The van der Waals surface area contributed by atoms with Gasteiger partial charge in [-0.05, 0) is 73.2 Å². The molecule has 0 aliphatic carbocycles. The summed E-state index contributed by atoms with van der Waals surface area (Å²) in [4.78, 5) is 12.0. The molecule has 0 aliphatic rings. The molecule has 12 heteroatoms. The van der Waals surface area contributed by atoms with E-state index in [4.69, 9.17) is 16.3 Å². The maximum Gasteiger partial charge on any atom is 0.418 e. The number of rotatable bonds is 7. The molecule has 0 bridgehead atoms. The molecule has 0 aromatic heterocycles. The average molecular weight is 517 g/mol. The van der Waals surface area contributed by atoms with Crippen molar-refractivity contribution in [3.8, 4) is 5.75 Å². The molecule has 34 heavy (non-hydrogen) atoms. The van der Waals surface area contributed by atoms with Gasteiger partial charge in [-0.2, -0.15) is 13.2 Å². The number of alkyl halides is 3. The summed E-state index contributed by atoms with van der Waals surface area (Å²) in [5.41, 5.74) is -1.06. The fraction of sp³-hybridized carbons (Fsp3) is 0.136. The Bertz CT molecular complexity index is 1310. The SMILES string of the molecule is Cc1cc(S(=O)(=O)Nc2ccc(F)cc2)ccc1OCC(=O)Nc1ccc(Cl)cc1C(F)(F)F. The summed E-state index contributed by atoms with van der Waals surface area (Å²) in [6.07, 6.45) is -4.73. The first kappa shape index (κ1) is 25.3. The van der Waals surface area contributed by atoms with Gasteiger partial charge >= 0.3 is 6.18 Å². The third-order valence-corrected chi connectivity index (χ3v) is 6.09. The van der Waals surface area contributed by atoms with Crippen LogP contribution in [0, 0.1) is 12.7 Å². The van der Waals surface area contributed by atoms with Crippen molar-refractivity contribution < 1.29 is 35.5 Å². The molecular weight excluding hydrogens is 500 g/mol. The number of halogens is 5. The predicted molar refractivity (Wildman–Crippen MR) is 119 cm³/mol. The fourth-order valence-corrected chi connectivity index (χ4v) is 4.19. The summed E-state index contributed by atoms with van der Waals surface area (Å²) < 4.78 is 85.2. The first-order chi connectivity index (χ1) is 15.8. The second-order valence-corrected chi connectivity index (χ2v) is 9.18. The van der Waals surface area contributed by atoms with Gasteiger partial charge in [0.1, 0.15) is 11.6 Å². The van der Waals surface area contributed by atoms with Crippen molar-refractivity contribution in [1.29, 1.82) is 0 Å². The lowest BCUT2D eigenvalue weighted by molar-refractivity contribution is -0.137. The van der Waals surface area contributed by atoms with Gasteiger partial charge in [0.15, 0.2) is 6.61 Å². The monoisotopic (exact) mass is 516 g/mol. The maximum atomic E-state index is 13.2. The van der Waals surface area contributed by atoms with Gasteiger partial charge in [0.2, 0.25) is 0 Å². The molecule has 0 heterocycles. The van der Waals surface area contributed by atoms with Gasteiger partial charge in [-0.3, -0.25) is 9.52 Å². The quantitative estimate of drug-likeness (QED) is 0.399. The van der Waals surface area contributed by atoms with E-state index in [9.17, 15) is 30.8 Å². The van der Waals surface area contributed by atoms with E-state index < -0.39 is 45.8 Å². The summed E-state index contributed by atoms with van der Waals surface area (Å²) in [6, 6.07) is 11.5. The van der Waals surface area contributed by atoms with Crippen molar-refractivity contribution in [2.45, 2.75) is 18.0 Å². The van der Waals surface area contributed by atoms with Gasteiger partial charge in [0.05, 0.1) is 16.1 Å². The van der Waals surface area contributed by atoms with E-state index in [0.717, 1.165) is 18.2 Å². The molecule has 0 radical (unpaired) electrons. The third-order valence-electron chi connectivity index (χ3n) is 4.47. The molecular formula is C22H17ClF4N2O4S. The number of carbonyl (C=O) groups is 1. The van der Waals surface area contributed by atoms with Crippen LogP contribution in [0.25, 0.3) is 0 Å². The van der Waals surface area contributed by atoms with Crippen molar-refractivity contribution in [2.24, 2.45) is 0 Å². The number of carbonyl (C=O) groups excluding carboxylic acids is 1. The number of nitrogens with one attached hydrogen (secondary N) is 2. The largest absolute Gasteiger partial charge is 0.483 e. The van der Waals surface area contributed by atoms with E-state index in [1.54, 1.807) is 0 Å². The molecule has 1 amide bonds. The number of amides is 1. The number of anilines is 2. The van der Waals surface area contributed by atoms with E-state index in [0.29, 0.717) is 11.6 Å². The Morgan fingerprint density at radius 1 is 1.03 bits per heavy atom. The standard InChI is InChI=1S/C22H17ClF4N2O4S/c1-13-10-17(34(31,32)29-16-5-3-15(24)4-6-16)7-9-20(13)33-12-21(30)28-19-8-2-14(23)11-18(19)22(25,26)27/h2-11,29H,12H2,1H3,(H,28,30). The Morgan fingerprint density at radius 3 is 2.32 bits per heavy atom. The summed E-state index contributed by atoms with van der Waals surface area (Å²) in [5, 5.41) is 1.99. The second kappa shape index (κ2) is 9.90. The number of hydrogen-bond donors (Lipinski definition) is 2. The van der Waals surface area contributed by atoms with E-state index in [1.165, 1.54) is 43.3 Å². The Balaban J connectivity index is 1.67. The lowest BCUT2D eigenvalue weighted by Crippen LogP contribution is -2.22. The van der Waals surface area contributed by atoms with Crippen LogP contribution in [0.1, 0.15) is 11.1 Å². The zero-order valence-electron chi connectivity index (χ0n) is 17.4. The smallest absolute Gasteiger partial charge is 0.418 e. The fourth-order valence-electron chi connectivity index (χ4n) is 2.87. The highest BCUT2D eigenvalue weighted by Gasteiger charge is 2.34. The number of benzene rings is 3. The van der Waals surface area contributed by atoms with Crippen LogP contribution in [-0.2, 0) is 21.0 Å². The first-order valence-corrected chi connectivity index (χ1v) is 11.4. The summed E-state index contributed by atoms with van der Waals surface area (Å²) in [5.74, 6) is -1.22. The highest BCUT2D eigenvalue weighted by atomic mass is 35.5. The Kier molecular flexibility index (Phi) is 7.37. The number of ether oxygens (including phenoxy) is 1. The minimum atomic E-state index is -4.73. The molecule has 180 valence electrons. The number of sulfonamides is 1. The maximum absolute atomic E-state index is 13.2. The van der Waals surface area contributed by atoms with Crippen molar-refractivity contribution in [1.82, 2.24) is 0 Å². The predicted octanol–water partition coefficient (Wildman–Crippen LogP) is 5.62. The van der Waals surface area contributed by atoms with Crippen molar-refractivity contribution >= 4 is 38.9 Å². The van der Waals surface area contributed by atoms with Gasteiger partial charge in [-0.1, -0.05) is 11.6 Å². The van der Waals surface area contributed by atoms with Gasteiger partial charge in [-0.15, -0.1) is 0 Å². The van der Waals surface area contributed by atoms with E-state index >= 15 is 0 Å². The van der Waals surface area contributed by atoms with E-state index in [-0.39, 0.29) is 21.4 Å². The molecule has 2 N–H and O–H groups in total. The van der Waals surface area contributed by atoms with Crippen molar-refractivity contribution in [3.05, 3.63) is 82.6 Å². The molecule has 0 fully saturated rings. The van der Waals surface area contributed by atoms with Gasteiger partial charge in [0, 0.05) is 10.7 Å². The highest BCUT2D eigenvalue weighted by Crippen LogP contribution is 2.36. The average Bonchev–Trinajstić information content (AvgIpc) is 2.75. The zero-order valence-corrected chi connectivity index (χ0v) is 19.0. The van der Waals surface area contributed by atoms with Gasteiger partial charge in [0.25, 0.3) is 15.9 Å². The minimum Gasteiger partial charge on any atom is -0.483 e. The summed E-state index contributed by atoms with van der Waals surface area (Å²) in [7, 11) is -3.98. The van der Waals surface area contributed by atoms with Crippen LogP contribution in [0.5, 0.6) is 5.75 Å². The Hall–Kier alpha value is -3.31. The van der Waals surface area contributed by atoms with Crippen LogP contribution in [-0.4, -0.2) is 20.9 Å². The molecule has 0 saturated carbocycles. The van der Waals surface area contributed by atoms with Crippen LogP contribution >= 0.6 is 11.6 Å². The number of hydrogen-bond acceptors (Lipinski definition) is 4. The van der Waals surface area contributed by atoms with Crippen LogP contribution in [0.4, 0.5) is 28.9 Å². The normalized spacial score (nSPS) is 11.7. The second-order valence-electron chi connectivity index (χ2n) is 7.06. The van der Waals surface area contributed by atoms with Crippen LogP contribution < -0.4 is 14.8 Å². The molecule has 3 aromatic carbocycles. The van der Waals surface area contributed by atoms with Crippen LogP contribution in [0.15, 0.2) is 65.6 Å². The molecule has 0 saturated heterocycles. The molecule has 3 aromatic rings. The molecule has 0 spiro atoms. The van der Waals surface area contributed by atoms with Crippen molar-refractivity contribution in [2.75, 3.05) is 16.6 Å².